The third-order valence-electron chi connectivity index (χ3n) is 4.74. The third kappa shape index (κ3) is 3.89. The Morgan fingerprint density at radius 3 is 2.05 bits per heavy atom. The minimum atomic E-state index is 0.647. The van der Waals surface area contributed by atoms with Crippen molar-refractivity contribution in [1.29, 1.82) is 0 Å². The molecule has 1 aliphatic rings. The zero-order valence-electron chi connectivity index (χ0n) is 13.5. The number of hydrogen-bond donors (Lipinski definition) is 0. The van der Waals surface area contributed by atoms with Gasteiger partial charge in [-0.1, -0.05) is 55.5 Å². The molecule has 0 aliphatic carbocycles. The van der Waals surface area contributed by atoms with Gasteiger partial charge in [0, 0.05) is 31.9 Å². The van der Waals surface area contributed by atoms with E-state index in [4.69, 9.17) is 0 Å². The first-order valence-corrected chi connectivity index (χ1v) is 8.40. The van der Waals surface area contributed by atoms with Crippen LogP contribution in [0.2, 0.25) is 0 Å². The Hall–Kier alpha value is -1.80. The lowest BCUT2D eigenvalue weighted by molar-refractivity contribution is 0.250. The predicted molar refractivity (Wildman–Crippen MR) is 94.6 cm³/mol. The normalized spacial score (nSPS) is 17.4. The van der Waals surface area contributed by atoms with Crippen LogP contribution in [0.1, 0.15) is 24.8 Å². The highest BCUT2D eigenvalue weighted by molar-refractivity contribution is 5.46. The third-order valence-corrected chi connectivity index (χ3v) is 4.74. The first-order chi connectivity index (χ1) is 10.8. The van der Waals surface area contributed by atoms with Crippen LogP contribution in [0.5, 0.6) is 0 Å². The van der Waals surface area contributed by atoms with E-state index in [1.807, 2.05) is 0 Å². The Kier molecular flexibility index (Phi) is 5.12. The standard InChI is InChI=1S/C20H26N2/c1-18(19-8-4-2-5-9-19)12-13-21-14-16-22(17-15-21)20-10-6-3-7-11-20/h2-11,18H,12-17H2,1H3/t18-/m0/s1. The monoisotopic (exact) mass is 294 g/mol. The van der Waals surface area contributed by atoms with Gasteiger partial charge >= 0.3 is 0 Å². The highest BCUT2D eigenvalue weighted by Gasteiger charge is 2.17. The molecule has 0 radical (unpaired) electrons. The molecule has 22 heavy (non-hydrogen) atoms. The maximum absolute atomic E-state index is 2.61. The van der Waals surface area contributed by atoms with Crippen molar-refractivity contribution < 1.29 is 0 Å². The van der Waals surface area contributed by atoms with E-state index in [1.165, 1.54) is 37.3 Å². The summed E-state index contributed by atoms with van der Waals surface area (Å²) in [4.78, 5) is 5.11. The molecule has 2 aromatic carbocycles. The van der Waals surface area contributed by atoms with E-state index in [0.717, 1.165) is 13.1 Å². The van der Waals surface area contributed by atoms with Gasteiger partial charge in [0.1, 0.15) is 0 Å². The Balaban J connectivity index is 1.44. The second-order valence-corrected chi connectivity index (χ2v) is 6.26. The van der Waals surface area contributed by atoms with Gasteiger partial charge < -0.3 is 4.90 Å². The molecule has 1 saturated heterocycles. The van der Waals surface area contributed by atoms with Gasteiger partial charge in [-0.3, -0.25) is 4.90 Å². The van der Waals surface area contributed by atoms with Crippen LogP contribution in [0.25, 0.3) is 0 Å². The van der Waals surface area contributed by atoms with Crippen molar-refractivity contribution >= 4 is 5.69 Å². The van der Waals surface area contributed by atoms with Crippen LogP contribution in [0, 0.1) is 0 Å². The van der Waals surface area contributed by atoms with Crippen molar-refractivity contribution in [3.63, 3.8) is 0 Å². The SMILES string of the molecule is C[C@@H](CCN1CCN(c2ccccc2)CC1)c1ccccc1. The van der Waals surface area contributed by atoms with Gasteiger partial charge in [0.25, 0.3) is 0 Å². The molecule has 116 valence electrons. The molecule has 0 unspecified atom stereocenters. The van der Waals surface area contributed by atoms with Crippen molar-refractivity contribution in [1.82, 2.24) is 4.90 Å². The zero-order chi connectivity index (χ0) is 15.2. The molecule has 3 rings (SSSR count). The van der Waals surface area contributed by atoms with Crippen LogP contribution in [-0.2, 0) is 0 Å². The molecular formula is C20H26N2. The van der Waals surface area contributed by atoms with Gasteiger partial charge in [-0.2, -0.15) is 0 Å². The minimum absolute atomic E-state index is 0.647. The van der Waals surface area contributed by atoms with Gasteiger partial charge in [-0.05, 0) is 36.6 Å². The summed E-state index contributed by atoms with van der Waals surface area (Å²) in [6.45, 7) is 8.19. The molecule has 1 atom stereocenters. The Morgan fingerprint density at radius 1 is 0.818 bits per heavy atom. The number of nitrogens with zero attached hydrogens (tertiary/aromatic N) is 2. The van der Waals surface area contributed by atoms with Crippen LogP contribution in [0.15, 0.2) is 60.7 Å². The summed E-state index contributed by atoms with van der Waals surface area (Å²) >= 11 is 0. The molecule has 1 fully saturated rings. The van der Waals surface area contributed by atoms with E-state index < -0.39 is 0 Å². The van der Waals surface area contributed by atoms with Crippen LogP contribution in [0.3, 0.4) is 0 Å². The van der Waals surface area contributed by atoms with E-state index >= 15 is 0 Å². The summed E-state index contributed by atoms with van der Waals surface area (Å²) in [5.41, 5.74) is 2.82. The fourth-order valence-electron chi connectivity index (χ4n) is 3.19. The highest BCUT2D eigenvalue weighted by Crippen LogP contribution is 2.20. The van der Waals surface area contributed by atoms with Gasteiger partial charge in [0.15, 0.2) is 0 Å². The Bertz CT molecular complexity index is 544. The van der Waals surface area contributed by atoms with Gasteiger partial charge in [-0.25, -0.2) is 0 Å². The molecule has 1 heterocycles. The lowest BCUT2D eigenvalue weighted by Gasteiger charge is -2.36. The number of para-hydroxylation sites is 1. The smallest absolute Gasteiger partial charge is 0.0367 e. The number of hydrogen-bond acceptors (Lipinski definition) is 2. The summed E-state index contributed by atoms with van der Waals surface area (Å²) in [6, 6.07) is 21.7. The van der Waals surface area contributed by atoms with Crippen LogP contribution < -0.4 is 4.90 Å². The summed E-state index contributed by atoms with van der Waals surface area (Å²) < 4.78 is 0. The van der Waals surface area contributed by atoms with Crippen molar-refractivity contribution in [3.05, 3.63) is 66.2 Å². The van der Waals surface area contributed by atoms with E-state index in [9.17, 15) is 0 Å². The summed E-state index contributed by atoms with van der Waals surface area (Å²) in [5, 5.41) is 0. The summed E-state index contributed by atoms with van der Waals surface area (Å²) in [7, 11) is 0. The average Bonchev–Trinajstić information content (AvgIpc) is 2.61. The fraction of sp³-hybridized carbons (Fsp3) is 0.400. The number of anilines is 1. The molecule has 2 aromatic rings. The summed E-state index contributed by atoms with van der Waals surface area (Å²) in [5.74, 6) is 0.647. The Labute approximate surface area is 134 Å². The lowest BCUT2D eigenvalue weighted by atomic mass is 9.97. The molecule has 0 amide bonds. The maximum Gasteiger partial charge on any atom is 0.0367 e. The molecule has 0 spiro atoms. The molecule has 0 aromatic heterocycles. The van der Waals surface area contributed by atoms with Crippen molar-refractivity contribution in [3.8, 4) is 0 Å². The largest absolute Gasteiger partial charge is 0.369 e. The summed E-state index contributed by atoms with van der Waals surface area (Å²) in [6.07, 6.45) is 1.25. The lowest BCUT2D eigenvalue weighted by Crippen LogP contribution is -2.46. The van der Waals surface area contributed by atoms with Gasteiger partial charge in [0.05, 0.1) is 0 Å². The van der Waals surface area contributed by atoms with Crippen LogP contribution >= 0.6 is 0 Å². The second kappa shape index (κ2) is 7.46. The molecule has 2 nitrogen and oxygen atoms in total. The Morgan fingerprint density at radius 2 is 1.41 bits per heavy atom. The predicted octanol–water partition coefficient (Wildman–Crippen LogP) is 4.00. The van der Waals surface area contributed by atoms with Crippen LogP contribution in [0.4, 0.5) is 5.69 Å². The number of piperazine rings is 1. The number of benzene rings is 2. The van der Waals surface area contributed by atoms with E-state index in [0.29, 0.717) is 5.92 Å². The number of rotatable bonds is 5. The maximum atomic E-state index is 2.61. The zero-order valence-corrected chi connectivity index (χ0v) is 13.5. The molecule has 0 bridgehead atoms. The molecule has 0 saturated carbocycles. The molecule has 1 aliphatic heterocycles. The molecule has 0 N–H and O–H groups in total. The van der Waals surface area contributed by atoms with E-state index in [2.05, 4.69) is 77.4 Å². The van der Waals surface area contributed by atoms with E-state index in [1.54, 1.807) is 0 Å². The molecular weight excluding hydrogens is 268 g/mol. The van der Waals surface area contributed by atoms with Gasteiger partial charge in [0.2, 0.25) is 0 Å². The topological polar surface area (TPSA) is 6.48 Å². The fourth-order valence-corrected chi connectivity index (χ4v) is 3.19. The highest BCUT2D eigenvalue weighted by atomic mass is 15.3. The second-order valence-electron chi connectivity index (χ2n) is 6.26. The van der Waals surface area contributed by atoms with Gasteiger partial charge in [-0.15, -0.1) is 0 Å². The van der Waals surface area contributed by atoms with Crippen LogP contribution in [-0.4, -0.2) is 37.6 Å². The van der Waals surface area contributed by atoms with Crippen molar-refractivity contribution in [2.24, 2.45) is 0 Å². The molecule has 2 heteroatoms. The quantitative estimate of drug-likeness (QED) is 0.822. The minimum Gasteiger partial charge on any atom is -0.369 e. The van der Waals surface area contributed by atoms with Crippen molar-refractivity contribution in [2.75, 3.05) is 37.6 Å². The first kappa shape index (κ1) is 15.1. The first-order valence-electron chi connectivity index (χ1n) is 8.40. The average molecular weight is 294 g/mol. The van der Waals surface area contributed by atoms with Crippen molar-refractivity contribution in [2.45, 2.75) is 19.3 Å². The van der Waals surface area contributed by atoms with E-state index in [-0.39, 0.29) is 0 Å².